The number of alkyl halides is 3. The van der Waals surface area contributed by atoms with Gasteiger partial charge in [-0.3, -0.25) is 4.79 Å². The molecule has 0 aliphatic rings. The van der Waals surface area contributed by atoms with E-state index in [-0.39, 0.29) is 9.39 Å². The van der Waals surface area contributed by atoms with Crippen molar-refractivity contribution < 1.29 is 18.0 Å². The van der Waals surface area contributed by atoms with Gasteiger partial charge in [-0.2, -0.15) is 13.2 Å². The summed E-state index contributed by atoms with van der Waals surface area (Å²) < 4.78 is 37.0. The molecule has 2 nitrogen and oxygen atoms in total. The van der Waals surface area contributed by atoms with E-state index in [4.69, 9.17) is 0 Å². The fourth-order valence-electron chi connectivity index (χ4n) is 0.841. The van der Waals surface area contributed by atoms with Crippen LogP contribution in [0.15, 0.2) is 12.1 Å². The first-order chi connectivity index (χ1) is 6.30. The van der Waals surface area contributed by atoms with Crippen molar-refractivity contribution >= 4 is 28.4 Å². The monoisotopic (exact) mass is 315 g/mol. The van der Waals surface area contributed by atoms with E-state index in [1.165, 1.54) is 6.92 Å². The Morgan fingerprint density at radius 1 is 1.43 bits per heavy atom. The number of rotatable bonds is 1. The van der Waals surface area contributed by atoms with Crippen LogP contribution in [0.25, 0.3) is 0 Å². The molecule has 0 N–H and O–H groups in total. The van der Waals surface area contributed by atoms with Crippen molar-refractivity contribution in [1.29, 1.82) is 0 Å². The number of carbonyl (C=O) groups excluding carboxylic acids is 1. The van der Waals surface area contributed by atoms with Crippen molar-refractivity contribution in [3.8, 4) is 0 Å². The Morgan fingerprint density at radius 2 is 2.00 bits per heavy atom. The zero-order valence-corrected chi connectivity index (χ0v) is 9.18. The molecule has 0 spiro atoms. The molecule has 0 atom stereocenters. The van der Waals surface area contributed by atoms with Gasteiger partial charge in [-0.1, -0.05) is 0 Å². The normalized spacial score (nSPS) is 11.5. The lowest BCUT2D eigenvalue weighted by Crippen LogP contribution is -2.09. The molecule has 1 rings (SSSR count). The van der Waals surface area contributed by atoms with Crippen molar-refractivity contribution in [1.82, 2.24) is 4.98 Å². The quantitative estimate of drug-likeness (QED) is 0.453. The summed E-state index contributed by atoms with van der Waals surface area (Å²) in [5, 5.41) is 0. The van der Waals surface area contributed by atoms with E-state index in [1.807, 2.05) is 0 Å². The van der Waals surface area contributed by atoms with Crippen molar-refractivity contribution in [2.75, 3.05) is 0 Å². The van der Waals surface area contributed by atoms with E-state index in [2.05, 4.69) is 4.98 Å². The topological polar surface area (TPSA) is 30.0 Å². The summed E-state index contributed by atoms with van der Waals surface area (Å²) in [6.45, 7) is 1.18. The predicted octanol–water partition coefficient (Wildman–Crippen LogP) is 2.91. The van der Waals surface area contributed by atoms with Crippen molar-refractivity contribution in [2.45, 2.75) is 13.1 Å². The number of pyridine rings is 1. The Morgan fingerprint density at radius 3 is 2.43 bits per heavy atom. The minimum atomic E-state index is -4.44. The summed E-state index contributed by atoms with van der Waals surface area (Å²) in [5.74, 6) is -0.478. The molecule has 0 aliphatic carbocycles. The molecule has 1 heterocycles. The highest BCUT2D eigenvalue weighted by molar-refractivity contribution is 14.1. The summed E-state index contributed by atoms with van der Waals surface area (Å²) in [5.41, 5.74) is -1.01. The van der Waals surface area contributed by atoms with Crippen LogP contribution >= 0.6 is 22.6 Å². The maximum absolute atomic E-state index is 12.3. The summed E-state index contributed by atoms with van der Waals surface area (Å²) in [7, 11) is 0. The van der Waals surface area contributed by atoms with Crippen LogP contribution in [0.2, 0.25) is 0 Å². The predicted molar refractivity (Wildman–Crippen MR) is 52.0 cm³/mol. The fourth-order valence-corrected chi connectivity index (χ4v) is 1.44. The summed E-state index contributed by atoms with van der Waals surface area (Å²) in [4.78, 5) is 14.5. The van der Waals surface area contributed by atoms with Crippen molar-refractivity contribution in [2.24, 2.45) is 0 Å². The second-order valence-corrected chi connectivity index (χ2v) is 3.72. The fraction of sp³-hybridized carbons (Fsp3) is 0.250. The third-order valence-corrected chi connectivity index (χ3v) is 2.03. The first-order valence-electron chi connectivity index (χ1n) is 3.56. The smallest absolute Gasteiger partial charge is 0.293 e. The van der Waals surface area contributed by atoms with E-state index in [9.17, 15) is 18.0 Å². The first kappa shape index (κ1) is 11.4. The Bertz CT molecular complexity index is 375. The van der Waals surface area contributed by atoms with E-state index < -0.39 is 17.5 Å². The van der Waals surface area contributed by atoms with Crippen LogP contribution in [0.5, 0.6) is 0 Å². The molecule has 6 heteroatoms. The summed E-state index contributed by atoms with van der Waals surface area (Å²) in [6.07, 6.45) is -4.44. The Hall–Kier alpha value is -0.660. The molecule has 0 fully saturated rings. The SMILES string of the molecule is CC(=O)c1cc(C(F)(F)F)cc(I)n1. The van der Waals surface area contributed by atoms with Gasteiger partial charge in [0.1, 0.15) is 9.39 Å². The highest BCUT2D eigenvalue weighted by Crippen LogP contribution is 2.30. The molecular weight excluding hydrogens is 310 g/mol. The Kier molecular flexibility index (Phi) is 3.13. The maximum Gasteiger partial charge on any atom is 0.416 e. The van der Waals surface area contributed by atoms with Gasteiger partial charge in [0.25, 0.3) is 0 Å². The average molecular weight is 315 g/mol. The van der Waals surface area contributed by atoms with Gasteiger partial charge < -0.3 is 0 Å². The van der Waals surface area contributed by atoms with E-state index in [0.717, 1.165) is 12.1 Å². The zero-order valence-electron chi connectivity index (χ0n) is 7.02. The highest BCUT2D eigenvalue weighted by atomic mass is 127. The van der Waals surface area contributed by atoms with Gasteiger partial charge in [0.15, 0.2) is 5.78 Å². The molecule has 14 heavy (non-hydrogen) atoms. The van der Waals surface area contributed by atoms with Gasteiger partial charge in [-0.15, -0.1) is 0 Å². The largest absolute Gasteiger partial charge is 0.416 e. The van der Waals surface area contributed by atoms with Crippen LogP contribution in [-0.2, 0) is 6.18 Å². The van der Waals surface area contributed by atoms with Gasteiger partial charge in [0.2, 0.25) is 0 Å². The molecule has 0 bridgehead atoms. The van der Waals surface area contributed by atoms with Crippen LogP contribution in [0.1, 0.15) is 23.0 Å². The standard InChI is InChI=1S/C8H5F3INO/c1-4(14)6-2-5(8(9,10)11)3-7(12)13-6/h2-3H,1H3. The minimum absolute atomic E-state index is 0.155. The molecule has 0 radical (unpaired) electrons. The number of hydrogen-bond donors (Lipinski definition) is 0. The lowest BCUT2D eigenvalue weighted by Gasteiger charge is -2.07. The van der Waals surface area contributed by atoms with Crippen LogP contribution in [-0.4, -0.2) is 10.8 Å². The van der Waals surface area contributed by atoms with Gasteiger partial charge >= 0.3 is 6.18 Å². The van der Waals surface area contributed by atoms with Crippen LogP contribution in [0, 0.1) is 3.70 Å². The highest BCUT2D eigenvalue weighted by Gasteiger charge is 2.31. The molecular formula is C8H5F3INO. The maximum atomic E-state index is 12.3. The third-order valence-electron chi connectivity index (χ3n) is 1.48. The van der Waals surface area contributed by atoms with Crippen molar-refractivity contribution in [3.63, 3.8) is 0 Å². The molecule has 76 valence electrons. The zero-order chi connectivity index (χ0) is 10.9. The molecule has 0 aromatic carbocycles. The lowest BCUT2D eigenvalue weighted by atomic mass is 10.2. The van der Waals surface area contributed by atoms with Crippen LogP contribution in [0.3, 0.4) is 0 Å². The molecule has 0 saturated heterocycles. The van der Waals surface area contributed by atoms with Crippen LogP contribution in [0.4, 0.5) is 13.2 Å². The van der Waals surface area contributed by atoms with E-state index in [1.54, 1.807) is 22.6 Å². The Labute approximate surface area is 91.7 Å². The summed E-state index contributed by atoms with van der Waals surface area (Å²) in [6, 6.07) is 1.65. The molecule has 0 unspecified atom stereocenters. The molecule has 1 aromatic rings. The van der Waals surface area contributed by atoms with Gasteiger partial charge in [0, 0.05) is 6.92 Å². The number of Topliss-reactive ketones (excluding diaryl/α,β-unsaturated/α-hetero) is 1. The number of hydrogen-bond acceptors (Lipinski definition) is 2. The van der Waals surface area contributed by atoms with Crippen LogP contribution < -0.4 is 0 Å². The molecule has 0 aliphatic heterocycles. The number of halogens is 4. The number of carbonyl (C=O) groups is 1. The molecule has 0 amide bonds. The number of nitrogens with zero attached hydrogens (tertiary/aromatic N) is 1. The minimum Gasteiger partial charge on any atom is -0.293 e. The van der Waals surface area contributed by atoms with E-state index >= 15 is 0 Å². The Balaban J connectivity index is 3.28. The van der Waals surface area contributed by atoms with E-state index in [0.29, 0.717) is 0 Å². The average Bonchev–Trinajstić information content (AvgIpc) is 2.01. The molecule has 0 saturated carbocycles. The second kappa shape index (κ2) is 3.84. The third kappa shape index (κ3) is 2.66. The van der Waals surface area contributed by atoms with Gasteiger partial charge in [-0.05, 0) is 34.7 Å². The first-order valence-corrected chi connectivity index (χ1v) is 4.64. The lowest BCUT2D eigenvalue weighted by molar-refractivity contribution is -0.137. The summed E-state index contributed by atoms with van der Waals surface area (Å²) >= 11 is 1.64. The number of ketones is 1. The second-order valence-electron chi connectivity index (χ2n) is 2.62. The van der Waals surface area contributed by atoms with Gasteiger partial charge in [0.05, 0.1) is 5.56 Å². The van der Waals surface area contributed by atoms with Gasteiger partial charge in [-0.25, -0.2) is 4.98 Å². The number of aromatic nitrogens is 1. The van der Waals surface area contributed by atoms with Crippen molar-refractivity contribution in [3.05, 3.63) is 27.1 Å². The molecule has 1 aromatic heterocycles.